The number of aryl methyl sites for hydroxylation is 1. The van der Waals surface area contributed by atoms with Crippen LogP contribution in [0.3, 0.4) is 0 Å². The fraction of sp³-hybridized carbons (Fsp3) is 0.609. The molecule has 0 saturated heterocycles. The third kappa shape index (κ3) is 8.57. The highest BCUT2D eigenvalue weighted by atomic mass is 16.5. The minimum atomic E-state index is -0.250. The van der Waals surface area contributed by atoms with E-state index in [0.29, 0.717) is 18.9 Å². The Balaban J connectivity index is 0.00000107. The third-order valence-corrected chi connectivity index (χ3v) is 5.76. The minimum Gasteiger partial charge on any atom is -0.497 e. The second kappa shape index (κ2) is 12.9. The van der Waals surface area contributed by atoms with Crippen LogP contribution in [0.25, 0.3) is 0 Å². The molecule has 31 heavy (non-hydrogen) atoms. The van der Waals surface area contributed by atoms with Crippen molar-refractivity contribution in [3.8, 4) is 5.75 Å². The number of hydrogen-bond acceptors (Lipinski definition) is 5. The van der Waals surface area contributed by atoms with Crippen LogP contribution >= 0.6 is 0 Å². The van der Waals surface area contributed by atoms with Crippen LogP contribution in [-0.2, 0) is 25.5 Å². The van der Waals surface area contributed by atoms with Crippen molar-refractivity contribution in [2.24, 2.45) is 5.92 Å². The highest BCUT2D eigenvalue weighted by molar-refractivity contribution is 5.79. The zero-order valence-electron chi connectivity index (χ0n) is 18.3. The van der Waals surface area contributed by atoms with Crippen LogP contribution in [0.15, 0.2) is 24.3 Å². The summed E-state index contributed by atoms with van der Waals surface area (Å²) in [4.78, 5) is 33.0. The number of nitrogens with one attached hydrogen (secondary N) is 2. The first-order valence-electron chi connectivity index (χ1n) is 10.8. The van der Waals surface area contributed by atoms with Crippen LogP contribution in [0.5, 0.6) is 5.75 Å². The number of amides is 2. The number of carbonyl (C=O) groups excluding carboxylic acids is 2. The van der Waals surface area contributed by atoms with Crippen molar-refractivity contribution in [2.75, 3.05) is 14.2 Å². The molecule has 2 aliphatic carbocycles. The average molecular weight is 435 g/mol. The highest BCUT2D eigenvalue weighted by Crippen LogP contribution is 2.28. The molecule has 0 radical (unpaired) electrons. The lowest BCUT2D eigenvalue weighted by atomic mass is 9.83. The molecule has 0 aromatic heterocycles. The molecule has 1 aromatic carbocycles. The fourth-order valence-electron chi connectivity index (χ4n) is 3.86. The lowest BCUT2D eigenvalue weighted by Gasteiger charge is -2.35. The standard InChI is InChI=1S/C22H32N2O4.CH2O2/c1-27-18-11-6-15(7-12-18)4-3-5-21(25)24-19-13-8-16(14-20(19)28-2)22(26)23-17-9-10-17;2-1-3/h6-7,11-12,16-17,19-20H,3-5,8-10,13-14H2,1-2H3,(H,23,26)(H,24,25);1H,(H,2,3)/t16-,19-,20-;/m0./s1. The predicted octanol–water partition coefficient (Wildman–Crippen LogP) is 2.30. The maximum absolute atomic E-state index is 12.4. The molecule has 1 aromatic rings. The molecule has 8 heteroatoms. The summed E-state index contributed by atoms with van der Waals surface area (Å²) >= 11 is 0. The van der Waals surface area contributed by atoms with Crippen LogP contribution in [0.1, 0.15) is 50.5 Å². The average Bonchev–Trinajstić information content (AvgIpc) is 3.59. The molecule has 0 unspecified atom stereocenters. The van der Waals surface area contributed by atoms with Gasteiger partial charge in [0.2, 0.25) is 11.8 Å². The van der Waals surface area contributed by atoms with Crippen LogP contribution in [0, 0.1) is 5.92 Å². The summed E-state index contributed by atoms with van der Waals surface area (Å²) in [6, 6.07) is 8.32. The molecular formula is C23H34N2O6. The monoisotopic (exact) mass is 434 g/mol. The van der Waals surface area contributed by atoms with Gasteiger partial charge in [0, 0.05) is 25.5 Å². The van der Waals surface area contributed by atoms with Gasteiger partial charge in [0.15, 0.2) is 0 Å². The van der Waals surface area contributed by atoms with Gasteiger partial charge in [-0.15, -0.1) is 0 Å². The van der Waals surface area contributed by atoms with Crippen molar-refractivity contribution >= 4 is 18.3 Å². The summed E-state index contributed by atoms with van der Waals surface area (Å²) < 4.78 is 10.8. The summed E-state index contributed by atoms with van der Waals surface area (Å²) in [6.45, 7) is -0.250. The van der Waals surface area contributed by atoms with Gasteiger partial charge in [-0.1, -0.05) is 12.1 Å². The van der Waals surface area contributed by atoms with Gasteiger partial charge in [-0.05, 0) is 62.6 Å². The van der Waals surface area contributed by atoms with Gasteiger partial charge in [0.05, 0.1) is 19.3 Å². The summed E-state index contributed by atoms with van der Waals surface area (Å²) in [5.74, 6) is 1.04. The number of rotatable bonds is 9. The normalized spacial score (nSPS) is 22.5. The molecule has 172 valence electrons. The van der Waals surface area contributed by atoms with E-state index in [1.807, 2.05) is 24.3 Å². The van der Waals surface area contributed by atoms with E-state index in [1.165, 1.54) is 5.56 Å². The zero-order valence-corrected chi connectivity index (χ0v) is 18.3. The van der Waals surface area contributed by atoms with E-state index in [1.54, 1.807) is 14.2 Å². The highest BCUT2D eigenvalue weighted by Gasteiger charge is 2.36. The first-order valence-corrected chi connectivity index (χ1v) is 10.8. The molecule has 8 nitrogen and oxygen atoms in total. The second-order valence-corrected chi connectivity index (χ2v) is 8.05. The molecule has 3 N–H and O–H groups in total. The quantitative estimate of drug-likeness (QED) is 0.514. The summed E-state index contributed by atoms with van der Waals surface area (Å²) in [6.07, 6.45) is 6.50. The van der Waals surface area contributed by atoms with Crippen LogP contribution in [0.2, 0.25) is 0 Å². The largest absolute Gasteiger partial charge is 0.497 e. The van der Waals surface area contributed by atoms with Crippen molar-refractivity contribution < 1.29 is 29.0 Å². The molecule has 0 heterocycles. The number of benzene rings is 1. The minimum absolute atomic E-state index is 0.00576. The van der Waals surface area contributed by atoms with Crippen LogP contribution in [-0.4, -0.2) is 55.8 Å². The first kappa shape index (κ1) is 24.7. The van der Waals surface area contributed by atoms with Gasteiger partial charge >= 0.3 is 0 Å². The van der Waals surface area contributed by atoms with Crippen molar-refractivity contribution in [3.63, 3.8) is 0 Å². The van der Waals surface area contributed by atoms with E-state index in [2.05, 4.69) is 10.6 Å². The molecule has 3 rings (SSSR count). The zero-order chi connectivity index (χ0) is 22.6. The SMILES string of the molecule is COc1ccc(CCCC(=O)N[C@H]2CC[C@H](C(=O)NC3CC3)C[C@@H]2OC)cc1.O=CO. The molecule has 0 bridgehead atoms. The Kier molecular flexibility index (Phi) is 10.3. The second-order valence-electron chi connectivity index (χ2n) is 8.05. The third-order valence-electron chi connectivity index (χ3n) is 5.76. The molecule has 0 aliphatic heterocycles. The van der Waals surface area contributed by atoms with Crippen molar-refractivity contribution in [2.45, 2.75) is 69.6 Å². The molecule has 3 atom stereocenters. The van der Waals surface area contributed by atoms with E-state index in [0.717, 1.165) is 44.3 Å². The van der Waals surface area contributed by atoms with Gasteiger partial charge in [-0.3, -0.25) is 14.4 Å². The van der Waals surface area contributed by atoms with Gasteiger partial charge in [-0.2, -0.15) is 0 Å². The number of carbonyl (C=O) groups is 3. The number of hydrogen-bond donors (Lipinski definition) is 3. The van der Waals surface area contributed by atoms with Gasteiger partial charge in [0.25, 0.3) is 6.47 Å². The Bertz CT molecular complexity index is 705. The van der Waals surface area contributed by atoms with E-state index in [9.17, 15) is 9.59 Å². The van der Waals surface area contributed by atoms with Gasteiger partial charge in [0.1, 0.15) is 5.75 Å². The van der Waals surface area contributed by atoms with E-state index < -0.39 is 0 Å². The summed E-state index contributed by atoms with van der Waals surface area (Å²) in [5, 5.41) is 13.1. The maximum atomic E-state index is 12.4. The molecule has 2 aliphatic rings. The Morgan fingerprint density at radius 1 is 1.10 bits per heavy atom. The number of methoxy groups -OCH3 is 2. The molecule has 2 amide bonds. The van der Waals surface area contributed by atoms with E-state index in [-0.39, 0.29) is 36.4 Å². The smallest absolute Gasteiger partial charge is 0.290 e. The fourth-order valence-corrected chi connectivity index (χ4v) is 3.86. The summed E-state index contributed by atoms with van der Waals surface area (Å²) in [7, 11) is 3.31. The van der Waals surface area contributed by atoms with Crippen molar-refractivity contribution in [1.29, 1.82) is 0 Å². The molecule has 2 fully saturated rings. The number of carboxylic acid groups (broad SMARTS) is 1. The Hall–Kier alpha value is -2.61. The number of ether oxygens (including phenoxy) is 2. The molecular weight excluding hydrogens is 400 g/mol. The topological polar surface area (TPSA) is 114 Å². The Morgan fingerprint density at radius 2 is 1.77 bits per heavy atom. The Morgan fingerprint density at radius 3 is 2.35 bits per heavy atom. The van der Waals surface area contributed by atoms with Crippen LogP contribution in [0.4, 0.5) is 0 Å². The van der Waals surface area contributed by atoms with Crippen molar-refractivity contribution in [1.82, 2.24) is 10.6 Å². The van der Waals surface area contributed by atoms with Crippen molar-refractivity contribution in [3.05, 3.63) is 29.8 Å². The maximum Gasteiger partial charge on any atom is 0.290 e. The lowest BCUT2D eigenvalue weighted by molar-refractivity contribution is -0.129. The molecule has 0 spiro atoms. The van der Waals surface area contributed by atoms with Crippen LogP contribution < -0.4 is 15.4 Å². The van der Waals surface area contributed by atoms with Gasteiger partial charge < -0.3 is 25.2 Å². The van der Waals surface area contributed by atoms with Gasteiger partial charge in [-0.25, -0.2) is 0 Å². The molecule has 2 saturated carbocycles. The lowest BCUT2D eigenvalue weighted by Crippen LogP contribution is -2.49. The summed E-state index contributed by atoms with van der Waals surface area (Å²) in [5.41, 5.74) is 1.20. The Labute approximate surface area is 183 Å². The van der Waals surface area contributed by atoms with E-state index >= 15 is 0 Å². The predicted molar refractivity (Wildman–Crippen MR) is 116 cm³/mol. The van der Waals surface area contributed by atoms with E-state index in [4.69, 9.17) is 19.4 Å². The first-order chi connectivity index (χ1) is 15.0.